The third kappa shape index (κ3) is 3.62. The molecule has 120 valence electrons. The average molecular weight is 304 g/mol. The van der Waals surface area contributed by atoms with Crippen molar-refractivity contribution < 1.29 is 9.90 Å². The van der Waals surface area contributed by atoms with E-state index in [2.05, 4.69) is 15.4 Å². The van der Waals surface area contributed by atoms with Gasteiger partial charge in [0.2, 0.25) is 0 Å². The predicted molar refractivity (Wildman–Crippen MR) is 85.7 cm³/mol. The van der Waals surface area contributed by atoms with Gasteiger partial charge in [0.1, 0.15) is 0 Å². The lowest BCUT2D eigenvalue weighted by atomic mass is 9.89. The minimum Gasteiger partial charge on any atom is -0.396 e. The van der Waals surface area contributed by atoms with E-state index >= 15 is 0 Å². The van der Waals surface area contributed by atoms with Gasteiger partial charge in [-0.1, -0.05) is 13.8 Å². The van der Waals surface area contributed by atoms with Crippen LogP contribution in [-0.4, -0.2) is 38.9 Å². The van der Waals surface area contributed by atoms with E-state index in [1.807, 2.05) is 27.8 Å². The molecule has 0 unspecified atom stereocenters. The first-order valence-electron chi connectivity index (χ1n) is 7.52. The van der Waals surface area contributed by atoms with Crippen LogP contribution >= 0.6 is 0 Å². The number of nitrogens with zero attached hydrogens (tertiary/aromatic N) is 3. The van der Waals surface area contributed by atoms with Gasteiger partial charge < -0.3 is 10.4 Å². The Morgan fingerprint density at radius 3 is 2.86 bits per heavy atom. The first-order valence-corrected chi connectivity index (χ1v) is 7.52. The molecule has 0 atom stereocenters. The second-order valence-electron chi connectivity index (χ2n) is 6.50. The normalized spacial score (nSPS) is 11.9. The summed E-state index contributed by atoms with van der Waals surface area (Å²) in [7, 11) is 1.81. The molecule has 0 aromatic carbocycles. The van der Waals surface area contributed by atoms with Gasteiger partial charge in [-0.15, -0.1) is 0 Å². The van der Waals surface area contributed by atoms with E-state index in [-0.39, 0.29) is 17.9 Å². The van der Waals surface area contributed by atoms with Crippen molar-refractivity contribution in [3.8, 4) is 0 Å². The molecule has 0 aliphatic carbocycles. The van der Waals surface area contributed by atoms with Crippen LogP contribution in [0.5, 0.6) is 0 Å². The minimum absolute atomic E-state index is 0.103. The monoisotopic (exact) mass is 304 g/mol. The number of hydrogen-bond donors (Lipinski definition) is 2. The van der Waals surface area contributed by atoms with Crippen molar-refractivity contribution in [1.82, 2.24) is 20.1 Å². The van der Waals surface area contributed by atoms with Crippen molar-refractivity contribution in [2.24, 2.45) is 12.5 Å². The molecule has 2 aromatic heterocycles. The fraction of sp³-hybridized carbons (Fsp3) is 0.562. The number of aryl methyl sites for hydroxylation is 2. The van der Waals surface area contributed by atoms with Gasteiger partial charge in [-0.05, 0) is 31.2 Å². The Morgan fingerprint density at radius 1 is 1.45 bits per heavy atom. The fourth-order valence-corrected chi connectivity index (χ4v) is 2.37. The van der Waals surface area contributed by atoms with Gasteiger partial charge in [-0.2, -0.15) is 5.10 Å². The molecule has 2 rings (SSSR count). The standard InChI is InChI=1S/C16H24N4O2/c1-11-8-12(13-9-18-20(4)14(13)19-11)15(22)17-7-5-6-16(2,3)10-21/h8-9,21H,5-7,10H2,1-4H3,(H,17,22). The van der Waals surface area contributed by atoms with E-state index in [4.69, 9.17) is 0 Å². The van der Waals surface area contributed by atoms with Crippen LogP contribution in [0.4, 0.5) is 0 Å². The van der Waals surface area contributed by atoms with Gasteiger partial charge in [0.05, 0.1) is 17.1 Å². The molecule has 0 spiro atoms. The second kappa shape index (κ2) is 6.44. The maximum atomic E-state index is 12.4. The van der Waals surface area contributed by atoms with E-state index in [9.17, 15) is 9.90 Å². The summed E-state index contributed by atoms with van der Waals surface area (Å²) in [6.07, 6.45) is 3.37. The lowest BCUT2D eigenvalue weighted by Gasteiger charge is -2.21. The summed E-state index contributed by atoms with van der Waals surface area (Å²) in [6, 6.07) is 1.79. The maximum absolute atomic E-state index is 12.4. The summed E-state index contributed by atoms with van der Waals surface area (Å²) >= 11 is 0. The first kappa shape index (κ1) is 16.4. The summed E-state index contributed by atoms with van der Waals surface area (Å²) in [6.45, 7) is 6.64. The maximum Gasteiger partial charge on any atom is 0.252 e. The molecule has 0 fully saturated rings. The fourth-order valence-electron chi connectivity index (χ4n) is 2.37. The van der Waals surface area contributed by atoms with Crippen LogP contribution in [-0.2, 0) is 7.05 Å². The number of fused-ring (bicyclic) bond motifs is 1. The van der Waals surface area contributed by atoms with E-state index in [0.717, 1.165) is 23.9 Å². The minimum atomic E-state index is -0.106. The van der Waals surface area contributed by atoms with Gasteiger partial charge in [-0.25, -0.2) is 4.98 Å². The third-order valence-electron chi connectivity index (χ3n) is 3.82. The van der Waals surface area contributed by atoms with Gasteiger partial charge in [0.15, 0.2) is 5.65 Å². The number of amides is 1. The zero-order valence-corrected chi connectivity index (χ0v) is 13.7. The van der Waals surface area contributed by atoms with Gasteiger partial charge in [0.25, 0.3) is 5.91 Å². The molecule has 0 saturated carbocycles. The Balaban J connectivity index is 2.04. The highest BCUT2D eigenvalue weighted by Gasteiger charge is 2.17. The second-order valence-corrected chi connectivity index (χ2v) is 6.50. The lowest BCUT2D eigenvalue weighted by Crippen LogP contribution is -2.26. The third-order valence-corrected chi connectivity index (χ3v) is 3.82. The number of aliphatic hydroxyl groups excluding tert-OH is 1. The smallest absolute Gasteiger partial charge is 0.252 e. The Kier molecular flexibility index (Phi) is 4.81. The Morgan fingerprint density at radius 2 is 2.18 bits per heavy atom. The zero-order valence-electron chi connectivity index (χ0n) is 13.7. The number of carbonyl (C=O) groups excluding carboxylic acids is 1. The number of aromatic nitrogens is 3. The molecule has 1 amide bonds. The highest BCUT2D eigenvalue weighted by molar-refractivity contribution is 6.05. The summed E-state index contributed by atoms with van der Waals surface area (Å²) in [5.74, 6) is -0.106. The summed E-state index contributed by atoms with van der Waals surface area (Å²) in [5, 5.41) is 17.1. The number of rotatable bonds is 6. The van der Waals surface area contributed by atoms with Gasteiger partial charge in [-0.3, -0.25) is 9.48 Å². The predicted octanol–water partition coefficient (Wildman–Crippen LogP) is 1.81. The SMILES string of the molecule is Cc1cc(C(=O)NCCCC(C)(C)CO)c2cnn(C)c2n1. The van der Waals surface area contributed by atoms with Crippen LogP contribution < -0.4 is 5.32 Å². The molecular weight excluding hydrogens is 280 g/mol. The average Bonchev–Trinajstić information content (AvgIpc) is 2.84. The molecule has 6 nitrogen and oxygen atoms in total. The number of aliphatic hydroxyl groups is 1. The van der Waals surface area contributed by atoms with Crippen molar-refractivity contribution in [3.05, 3.63) is 23.5 Å². The van der Waals surface area contributed by atoms with E-state index in [0.29, 0.717) is 17.8 Å². The van der Waals surface area contributed by atoms with Crippen molar-refractivity contribution in [3.63, 3.8) is 0 Å². The Bertz CT molecular complexity index is 676. The van der Waals surface area contributed by atoms with E-state index in [1.165, 1.54) is 0 Å². The summed E-state index contributed by atoms with van der Waals surface area (Å²) in [5.41, 5.74) is 2.01. The van der Waals surface area contributed by atoms with Crippen LogP contribution in [0.1, 0.15) is 42.7 Å². The molecule has 2 aromatic rings. The Hall–Kier alpha value is -1.95. The molecule has 2 heterocycles. The van der Waals surface area contributed by atoms with E-state index < -0.39 is 0 Å². The quantitative estimate of drug-likeness (QED) is 0.798. The molecule has 0 aliphatic rings. The van der Waals surface area contributed by atoms with Crippen LogP contribution in [0.2, 0.25) is 0 Å². The van der Waals surface area contributed by atoms with Gasteiger partial charge in [0, 0.05) is 25.9 Å². The lowest BCUT2D eigenvalue weighted by molar-refractivity contribution is 0.0950. The van der Waals surface area contributed by atoms with Gasteiger partial charge >= 0.3 is 0 Å². The van der Waals surface area contributed by atoms with Crippen LogP contribution in [0.15, 0.2) is 12.3 Å². The Labute approximate surface area is 130 Å². The highest BCUT2D eigenvalue weighted by Crippen LogP contribution is 2.21. The van der Waals surface area contributed by atoms with Crippen LogP contribution in [0, 0.1) is 12.3 Å². The molecule has 2 N–H and O–H groups in total. The molecule has 0 aliphatic heterocycles. The number of carbonyl (C=O) groups is 1. The van der Waals surface area contributed by atoms with Crippen LogP contribution in [0.25, 0.3) is 11.0 Å². The highest BCUT2D eigenvalue weighted by atomic mass is 16.3. The molecule has 22 heavy (non-hydrogen) atoms. The molecule has 0 saturated heterocycles. The largest absolute Gasteiger partial charge is 0.396 e. The number of nitrogens with one attached hydrogen (secondary N) is 1. The van der Waals surface area contributed by atoms with E-state index in [1.54, 1.807) is 16.9 Å². The van der Waals surface area contributed by atoms with Crippen molar-refractivity contribution in [2.45, 2.75) is 33.6 Å². The molecular formula is C16H24N4O2. The van der Waals surface area contributed by atoms with Crippen molar-refractivity contribution >= 4 is 16.9 Å². The van der Waals surface area contributed by atoms with Crippen molar-refractivity contribution in [2.75, 3.05) is 13.2 Å². The summed E-state index contributed by atoms with van der Waals surface area (Å²) in [4.78, 5) is 16.8. The van der Waals surface area contributed by atoms with Crippen molar-refractivity contribution in [1.29, 1.82) is 0 Å². The molecule has 0 radical (unpaired) electrons. The summed E-state index contributed by atoms with van der Waals surface area (Å²) < 4.78 is 1.67. The molecule has 0 bridgehead atoms. The zero-order chi connectivity index (χ0) is 16.3. The topological polar surface area (TPSA) is 80.0 Å². The van der Waals surface area contributed by atoms with Crippen LogP contribution in [0.3, 0.4) is 0 Å². The number of pyridine rings is 1. The first-order chi connectivity index (χ1) is 10.3. The molecule has 6 heteroatoms. The number of hydrogen-bond acceptors (Lipinski definition) is 4.